The molecule has 0 bridgehead atoms. The highest BCUT2D eigenvalue weighted by molar-refractivity contribution is 6.30. The number of anilines is 1. The lowest BCUT2D eigenvalue weighted by Crippen LogP contribution is -2.44. The highest BCUT2D eigenvalue weighted by Gasteiger charge is 2.35. The van der Waals surface area contributed by atoms with E-state index in [0.29, 0.717) is 12.4 Å². The van der Waals surface area contributed by atoms with E-state index in [-0.39, 0.29) is 46.2 Å². The molecule has 1 saturated heterocycles. The molecule has 1 aliphatic rings. The van der Waals surface area contributed by atoms with E-state index in [4.69, 9.17) is 16.3 Å². The Labute approximate surface area is 185 Å². The topological polar surface area (TPSA) is 60.2 Å². The zero-order valence-electron chi connectivity index (χ0n) is 17.2. The fraction of sp³-hybridized carbons (Fsp3) is 0.381. The molecule has 3 heterocycles. The first kappa shape index (κ1) is 22.5. The lowest BCUT2D eigenvalue weighted by molar-refractivity contribution is -0.161. The Morgan fingerprint density at radius 1 is 1.25 bits per heavy atom. The second-order valence-electron chi connectivity index (χ2n) is 7.63. The van der Waals surface area contributed by atoms with Gasteiger partial charge in [-0.3, -0.25) is 9.36 Å². The minimum absolute atomic E-state index is 0.0455. The number of alkyl halides is 3. The number of ether oxygens (including phenoxy) is 1. The molecular formula is C21H19ClF4N4O2. The molecule has 32 heavy (non-hydrogen) atoms. The first-order valence-corrected chi connectivity index (χ1v) is 10.2. The highest BCUT2D eigenvalue weighted by atomic mass is 35.5. The zero-order valence-corrected chi connectivity index (χ0v) is 18.0. The van der Waals surface area contributed by atoms with Gasteiger partial charge in [-0.25, -0.2) is 14.4 Å². The van der Waals surface area contributed by atoms with Crippen LogP contribution in [0.2, 0.25) is 5.02 Å². The van der Waals surface area contributed by atoms with Crippen molar-refractivity contribution in [2.75, 3.05) is 24.6 Å². The Morgan fingerprint density at radius 2 is 2.00 bits per heavy atom. The van der Waals surface area contributed by atoms with Gasteiger partial charge < -0.3 is 9.64 Å². The summed E-state index contributed by atoms with van der Waals surface area (Å²) in [6.07, 6.45) is -6.52. The predicted octanol–water partition coefficient (Wildman–Crippen LogP) is 4.25. The van der Waals surface area contributed by atoms with Crippen molar-refractivity contribution in [1.82, 2.24) is 14.5 Å². The molecule has 0 unspecified atom stereocenters. The van der Waals surface area contributed by atoms with Crippen molar-refractivity contribution in [1.29, 1.82) is 0 Å². The lowest BCUT2D eigenvalue weighted by Gasteiger charge is -2.34. The van der Waals surface area contributed by atoms with Crippen molar-refractivity contribution in [2.45, 2.75) is 25.6 Å². The minimum atomic E-state index is -4.37. The van der Waals surface area contributed by atoms with Crippen LogP contribution in [-0.4, -0.2) is 46.5 Å². The lowest BCUT2D eigenvalue weighted by atomic mass is 10.1. The van der Waals surface area contributed by atoms with Gasteiger partial charge in [-0.15, -0.1) is 0 Å². The van der Waals surface area contributed by atoms with E-state index in [1.54, 1.807) is 18.9 Å². The van der Waals surface area contributed by atoms with E-state index >= 15 is 0 Å². The summed E-state index contributed by atoms with van der Waals surface area (Å²) in [5.41, 5.74) is -0.0330. The summed E-state index contributed by atoms with van der Waals surface area (Å²) in [4.78, 5) is 23.6. The number of hydrogen-bond acceptors (Lipinski definition) is 5. The van der Waals surface area contributed by atoms with Crippen molar-refractivity contribution in [3.63, 3.8) is 0 Å². The van der Waals surface area contributed by atoms with Gasteiger partial charge in [0.05, 0.1) is 35.7 Å². The highest BCUT2D eigenvalue weighted by Crippen LogP contribution is 2.32. The Kier molecular flexibility index (Phi) is 5.85. The molecule has 0 saturated carbocycles. The summed E-state index contributed by atoms with van der Waals surface area (Å²) in [6, 6.07) is 5.53. The van der Waals surface area contributed by atoms with E-state index < -0.39 is 30.1 Å². The molecule has 0 radical (unpaired) electrons. The Hall–Kier alpha value is -2.72. The molecule has 0 amide bonds. The summed E-state index contributed by atoms with van der Waals surface area (Å²) in [5, 5.41) is 0.292. The maximum absolute atomic E-state index is 14.8. The number of rotatable bonds is 3. The summed E-state index contributed by atoms with van der Waals surface area (Å²) in [6.45, 7) is 1.97. The van der Waals surface area contributed by atoms with Crippen molar-refractivity contribution in [2.24, 2.45) is 7.05 Å². The maximum Gasteiger partial charge on any atom is 0.391 e. The van der Waals surface area contributed by atoms with Crippen LogP contribution in [0.4, 0.5) is 23.4 Å². The molecular weight excluding hydrogens is 452 g/mol. The third-order valence-corrected chi connectivity index (χ3v) is 5.61. The van der Waals surface area contributed by atoms with E-state index in [0.717, 1.165) is 6.07 Å². The van der Waals surface area contributed by atoms with Gasteiger partial charge in [-0.2, -0.15) is 13.2 Å². The van der Waals surface area contributed by atoms with Crippen LogP contribution >= 0.6 is 11.6 Å². The number of morpholine rings is 1. The Balaban J connectivity index is 1.88. The number of hydrogen-bond donors (Lipinski definition) is 0. The molecule has 0 N–H and O–H groups in total. The number of aromatic nitrogens is 3. The van der Waals surface area contributed by atoms with Crippen LogP contribution < -0.4 is 10.5 Å². The summed E-state index contributed by atoms with van der Waals surface area (Å²) >= 11 is 5.87. The Morgan fingerprint density at radius 3 is 2.69 bits per heavy atom. The molecule has 1 atom stereocenters. The van der Waals surface area contributed by atoms with Gasteiger partial charge in [0.15, 0.2) is 0 Å². The van der Waals surface area contributed by atoms with Crippen molar-refractivity contribution >= 4 is 28.3 Å². The minimum Gasteiger partial charge on any atom is -0.374 e. The third kappa shape index (κ3) is 4.42. The fourth-order valence-electron chi connectivity index (χ4n) is 3.73. The molecule has 170 valence electrons. The van der Waals surface area contributed by atoms with Crippen LogP contribution in [0.5, 0.6) is 0 Å². The molecule has 4 rings (SSSR count). The molecule has 1 fully saturated rings. The molecule has 1 aliphatic heterocycles. The largest absolute Gasteiger partial charge is 0.391 e. The predicted molar refractivity (Wildman–Crippen MR) is 113 cm³/mol. The number of nitrogens with zero attached hydrogens (tertiary/aromatic N) is 4. The van der Waals surface area contributed by atoms with Crippen LogP contribution in [-0.2, 0) is 11.8 Å². The first-order chi connectivity index (χ1) is 15.0. The van der Waals surface area contributed by atoms with Crippen molar-refractivity contribution in [3.05, 3.63) is 51.3 Å². The second kappa shape index (κ2) is 8.32. The normalized spacial score (nSPS) is 17.2. The van der Waals surface area contributed by atoms with Crippen LogP contribution in [0.25, 0.3) is 22.2 Å². The standard InChI is InChI=1S/C21H19ClF4N4O2/c1-11-27-16-8-17(30-5-6-32-13(10-30)9-21(24,25)26)28-19(18(16)20(31)29(11)2)14-4-3-12(22)7-15(14)23/h3-4,7-8,13H,5-6,9-10H2,1-2H3/t13-/m1/s1. The fourth-order valence-corrected chi connectivity index (χ4v) is 3.89. The van der Waals surface area contributed by atoms with Gasteiger partial charge in [0.1, 0.15) is 17.5 Å². The van der Waals surface area contributed by atoms with Gasteiger partial charge in [0.2, 0.25) is 0 Å². The summed E-state index contributed by atoms with van der Waals surface area (Å²) < 4.78 is 59.9. The molecule has 0 aliphatic carbocycles. The Bertz CT molecular complexity index is 1250. The summed E-state index contributed by atoms with van der Waals surface area (Å²) in [5.74, 6) is 0.0413. The molecule has 11 heteroatoms. The maximum atomic E-state index is 14.8. The average Bonchev–Trinajstić information content (AvgIpc) is 2.70. The zero-order chi connectivity index (χ0) is 23.2. The van der Waals surface area contributed by atoms with Gasteiger partial charge in [-0.05, 0) is 25.1 Å². The van der Waals surface area contributed by atoms with Gasteiger partial charge in [0.25, 0.3) is 5.56 Å². The quantitative estimate of drug-likeness (QED) is 0.535. The van der Waals surface area contributed by atoms with Crippen LogP contribution in [0, 0.1) is 12.7 Å². The third-order valence-electron chi connectivity index (χ3n) is 5.38. The molecule has 3 aromatic rings. The molecule has 6 nitrogen and oxygen atoms in total. The number of fused-ring (bicyclic) bond motifs is 1. The molecule has 1 aromatic carbocycles. The number of aryl methyl sites for hydroxylation is 1. The van der Waals surface area contributed by atoms with E-state index in [1.165, 1.54) is 22.8 Å². The molecule has 2 aromatic heterocycles. The smallest absolute Gasteiger partial charge is 0.374 e. The number of pyridine rings is 1. The SMILES string of the molecule is Cc1nc2cc(N3CCO[C@H](CC(F)(F)F)C3)nc(-c3ccc(Cl)cc3F)c2c(=O)n1C. The van der Waals surface area contributed by atoms with Gasteiger partial charge in [-0.1, -0.05) is 11.6 Å². The van der Waals surface area contributed by atoms with E-state index in [9.17, 15) is 22.4 Å². The van der Waals surface area contributed by atoms with Gasteiger partial charge >= 0.3 is 6.18 Å². The molecule has 0 spiro atoms. The van der Waals surface area contributed by atoms with Crippen molar-refractivity contribution < 1.29 is 22.3 Å². The number of halogens is 5. The monoisotopic (exact) mass is 470 g/mol. The van der Waals surface area contributed by atoms with Crippen LogP contribution in [0.1, 0.15) is 12.2 Å². The van der Waals surface area contributed by atoms with E-state index in [2.05, 4.69) is 9.97 Å². The first-order valence-electron chi connectivity index (χ1n) is 9.80. The van der Waals surface area contributed by atoms with E-state index in [1.807, 2.05) is 0 Å². The van der Waals surface area contributed by atoms with Crippen molar-refractivity contribution in [3.8, 4) is 11.3 Å². The van der Waals surface area contributed by atoms with Gasteiger partial charge in [0, 0.05) is 36.8 Å². The number of benzene rings is 1. The second-order valence-corrected chi connectivity index (χ2v) is 8.07. The summed E-state index contributed by atoms with van der Waals surface area (Å²) in [7, 11) is 1.55. The average molecular weight is 471 g/mol. The van der Waals surface area contributed by atoms with Crippen LogP contribution in [0.15, 0.2) is 29.1 Å². The van der Waals surface area contributed by atoms with Crippen LogP contribution in [0.3, 0.4) is 0 Å².